The highest BCUT2D eigenvalue weighted by Crippen LogP contribution is 2.41. The van der Waals surface area contributed by atoms with E-state index in [9.17, 15) is 8.78 Å². The van der Waals surface area contributed by atoms with Crippen LogP contribution in [0.3, 0.4) is 0 Å². The topological polar surface area (TPSA) is 44.5 Å². The van der Waals surface area contributed by atoms with Crippen LogP contribution in [0.1, 0.15) is 44.1 Å². The molecule has 0 aromatic heterocycles. The van der Waals surface area contributed by atoms with Gasteiger partial charge in [0.05, 0.1) is 12.2 Å². The van der Waals surface area contributed by atoms with E-state index >= 15 is 0 Å². The fourth-order valence-corrected chi connectivity index (χ4v) is 3.46. The van der Waals surface area contributed by atoms with Gasteiger partial charge in [0.15, 0.2) is 17.4 Å². The summed E-state index contributed by atoms with van der Waals surface area (Å²) in [5.74, 6) is -1.64. The van der Waals surface area contributed by atoms with Crippen LogP contribution >= 0.6 is 0 Å². The summed E-state index contributed by atoms with van der Waals surface area (Å²) in [6, 6.07) is 2.48. The number of halogens is 2. The lowest BCUT2D eigenvalue weighted by Gasteiger charge is -2.38. The molecule has 0 radical (unpaired) electrons. The molecule has 1 saturated heterocycles. The van der Waals surface area contributed by atoms with Crippen molar-refractivity contribution < 1.29 is 18.3 Å². The van der Waals surface area contributed by atoms with Crippen molar-refractivity contribution in [2.45, 2.75) is 56.8 Å². The summed E-state index contributed by atoms with van der Waals surface area (Å²) in [4.78, 5) is 0. The predicted octanol–water partition coefficient (Wildman–Crippen LogP) is 3.29. The van der Waals surface area contributed by atoms with Crippen molar-refractivity contribution in [2.75, 3.05) is 6.61 Å². The van der Waals surface area contributed by atoms with Crippen LogP contribution in [0.15, 0.2) is 12.1 Å². The van der Waals surface area contributed by atoms with Gasteiger partial charge < -0.3 is 15.2 Å². The second kappa shape index (κ2) is 5.89. The first-order valence-electron chi connectivity index (χ1n) is 7.60. The zero-order valence-corrected chi connectivity index (χ0v) is 12.0. The molecule has 5 heteroatoms. The van der Waals surface area contributed by atoms with Gasteiger partial charge >= 0.3 is 0 Å². The second-order valence-electron chi connectivity index (χ2n) is 6.06. The number of ether oxygens (including phenoxy) is 2. The van der Waals surface area contributed by atoms with Crippen molar-refractivity contribution in [3.8, 4) is 5.75 Å². The summed E-state index contributed by atoms with van der Waals surface area (Å²) in [5.41, 5.74) is 5.71. The molecule has 3 nitrogen and oxygen atoms in total. The molecule has 1 atom stereocenters. The first-order valence-corrected chi connectivity index (χ1v) is 7.60. The Hall–Kier alpha value is -1.20. The third kappa shape index (κ3) is 3.04. The van der Waals surface area contributed by atoms with Gasteiger partial charge in [-0.25, -0.2) is 8.78 Å². The number of hydrogen-bond donors (Lipinski definition) is 1. The molecule has 2 aliphatic rings. The first-order chi connectivity index (χ1) is 10.1. The van der Waals surface area contributed by atoms with E-state index in [1.807, 2.05) is 0 Å². The minimum absolute atomic E-state index is 0.106. The van der Waals surface area contributed by atoms with E-state index in [0.717, 1.165) is 25.7 Å². The maximum atomic E-state index is 14.0. The van der Waals surface area contributed by atoms with Crippen LogP contribution in [-0.2, 0) is 11.3 Å². The molecule has 1 aliphatic heterocycles. The van der Waals surface area contributed by atoms with Crippen molar-refractivity contribution in [1.82, 2.24) is 0 Å². The summed E-state index contributed by atoms with van der Waals surface area (Å²) in [7, 11) is 0. The number of rotatable bonds is 3. The van der Waals surface area contributed by atoms with E-state index in [4.69, 9.17) is 15.2 Å². The third-order valence-electron chi connectivity index (χ3n) is 4.54. The molecule has 21 heavy (non-hydrogen) atoms. The Kier molecular flexibility index (Phi) is 4.13. The second-order valence-corrected chi connectivity index (χ2v) is 6.06. The zero-order valence-electron chi connectivity index (χ0n) is 12.0. The monoisotopic (exact) mass is 297 g/mol. The molecule has 2 fully saturated rings. The standard InChI is InChI=1S/C16H21F2NO2/c17-13-7-11(10-19)8-14(18)15(13)21-12-3-6-20-16(9-12)4-1-2-5-16/h7-8,12H,1-6,9-10,19H2. The highest BCUT2D eigenvalue weighted by Gasteiger charge is 2.41. The molecule has 1 aromatic carbocycles. The molecule has 1 aromatic rings. The average molecular weight is 297 g/mol. The van der Waals surface area contributed by atoms with Crippen LogP contribution in [0.2, 0.25) is 0 Å². The first kappa shape index (κ1) is 14.7. The van der Waals surface area contributed by atoms with Crippen LogP contribution in [0.5, 0.6) is 5.75 Å². The SMILES string of the molecule is NCc1cc(F)c(OC2CCOC3(CCCC3)C2)c(F)c1. The third-order valence-corrected chi connectivity index (χ3v) is 4.54. The van der Waals surface area contributed by atoms with Gasteiger partial charge in [0, 0.05) is 19.4 Å². The van der Waals surface area contributed by atoms with Crippen molar-refractivity contribution in [2.24, 2.45) is 5.73 Å². The van der Waals surface area contributed by atoms with Gasteiger partial charge in [-0.1, -0.05) is 12.8 Å². The molecule has 1 unspecified atom stereocenters. The molecule has 1 aliphatic carbocycles. The van der Waals surface area contributed by atoms with Crippen molar-refractivity contribution in [3.63, 3.8) is 0 Å². The van der Waals surface area contributed by atoms with Crippen LogP contribution < -0.4 is 10.5 Å². The summed E-state index contributed by atoms with van der Waals surface area (Å²) in [6.45, 7) is 0.698. The smallest absolute Gasteiger partial charge is 0.191 e. The van der Waals surface area contributed by atoms with E-state index in [0.29, 0.717) is 25.0 Å². The highest BCUT2D eigenvalue weighted by atomic mass is 19.1. The molecular weight excluding hydrogens is 276 g/mol. The molecule has 0 amide bonds. The molecular formula is C16H21F2NO2. The molecule has 1 spiro atoms. The number of nitrogens with two attached hydrogens (primary N) is 1. The lowest BCUT2D eigenvalue weighted by Crippen LogP contribution is -2.41. The van der Waals surface area contributed by atoms with Gasteiger partial charge in [-0.3, -0.25) is 0 Å². The molecule has 3 rings (SSSR count). The van der Waals surface area contributed by atoms with Crippen LogP contribution in [0.25, 0.3) is 0 Å². The van der Waals surface area contributed by atoms with Gasteiger partial charge in [-0.15, -0.1) is 0 Å². The summed E-state index contributed by atoms with van der Waals surface area (Å²) < 4.78 is 39.5. The van der Waals surface area contributed by atoms with Crippen molar-refractivity contribution >= 4 is 0 Å². The van der Waals surface area contributed by atoms with E-state index in [-0.39, 0.29) is 24.0 Å². The fraction of sp³-hybridized carbons (Fsp3) is 0.625. The van der Waals surface area contributed by atoms with Crippen molar-refractivity contribution in [3.05, 3.63) is 29.3 Å². The summed E-state index contributed by atoms with van der Waals surface area (Å²) >= 11 is 0. The average Bonchev–Trinajstić information content (AvgIpc) is 2.90. The van der Waals surface area contributed by atoms with Gasteiger partial charge in [-0.05, 0) is 30.5 Å². The Balaban J connectivity index is 1.74. The Labute approximate surface area is 123 Å². The van der Waals surface area contributed by atoms with Gasteiger partial charge in [-0.2, -0.15) is 0 Å². The lowest BCUT2D eigenvalue weighted by atomic mass is 9.90. The molecule has 1 saturated carbocycles. The van der Waals surface area contributed by atoms with Gasteiger partial charge in [0.2, 0.25) is 0 Å². The minimum Gasteiger partial charge on any atom is -0.484 e. The molecule has 0 bridgehead atoms. The van der Waals surface area contributed by atoms with Crippen LogP contribution in [0.4, 0.5) is 8.78 Å². The van der Waals surface area contributed by atoms with Crippen LogP contribution in [-0.4, -0.2) is 18.3 Å². The lowest BCUT2D eigenvalue weighted by molar-refractivity contribution is -0.109. The predicted molar refractivity (Wildman–Crippen MR) is 75.1 cm³/mol. The Morgan fingerprint density at radius 3 is 2.52 bits per heavy atom. The van der Waals surface area contributed by atoms with E-state index < -0.39 is 11.6 Å². The van der Waals surface area contributed by atoms with Crippen LogP contribution in [0, 0.1) is 11.6 Å². The zero-order chi connectivity index (χ0) is 14.9. The fourth-order valence-electron chi connectivity index (χ4n) is 3.46. The summed E-state index contributed by atoms with van der Waals surface area (Å²) in [5, 5.41) is 0. The molecule has 1 heterocycles. The Bertz CT molecular complexity index is 492. The number of hydrogen-bond acceptors (Lipinski definition) is 3. The Morgan fingerprint density at radius 2 is 1.90 bits per heavy atom. The van der Waals surface area contributed by atoms with Gasteiger partial charge in [0.25, 0.3) is 0 Å². The van der Waals surface area contributed by atoms with E-state index in [1.165, 1.54) is 12.1 Å². The molecule has 116 valence electrons. The van der Waals surface area contributed by atoms with E-state index in [1.54, 1.807) is 0 Å². The maximum absolute atomic E-state index is 14.0. The largest absolute Gasteiger partial charge is 0.484 e. The van der Waals surface area contributed by atoms with Gasteiger partial charge in [0.1, 0.15) is 6.10 Å². The Morgan fingerprint density at radius 1 is 1.24 bits per heavy atom. The molecule has 2 N–H and O–H groups in total. The van der Waals surface area contributed by atoms with E-state index in [2.05, 4.69) is 0 Å². The van der Waals surface area contributed by atoms with Crippen molar-refractivity contribution in [1.29, 1.82) is 0 Å². The maximum Gasteiger partial charge on any atom is 0.191 e. The minimum atomic E-state index is -0.678. The number of benzene rings is 1. The normalized spacial score (nSPS) is 24.4. The summed E-state index contributed by atoms with van der Waals surface area (Å²) in [6.07, 6.45) is 5.53. The highest BCUT2D eigenvalue weighted by molar-refractivity contribution is 5.31. The quantitative estimate of drug-likeness (QED) is 0.931.